The second-order valence-corrected chi connectivity index (χ2v) is 1.44. The molecule has 1 heterocycles. The van der Waals surface area contributed by atoms with Crippen LogP contribution in [-0.2, 0) is 0 Å². The summed E-state index contributed by atoms with van der Waals surface area (Å²) in [6, 6.07) is 1.35. The van der Waals surface area contributed by atoms with Gasteiger partial charge in [0.2, 0.25) is 11.9 Å². The van der Waals surface area contributed by atoms with Gasteiger partial charge in [0.15, 0.2) is 5.69 Å². The highest BCUT2D eigenvalue weighted by Gasteiger charge is 2.04. The highest BCUT2D eigenvalue weighted by molar-refractivity contribution is 5.16. The van der Waals surface area contributed by atoms with Crippen LogP contribution in [-0.4, -0.2) is 9.97 Å². The van der Waals surface area contributed by atoms with E-state index < -0.39 is 17.6 Å². The van der Waals surface area contributed by atoms with E-state index in [0.717, 1.165) is 0 Å². The fourth-order valence-corrected chi connectivity index (χ4v) is 0.424. The number of rotatable bonds is 0. The number of hydrogen-bond acceptors (Lipinski definition) is 3. The lowest BCUT2D eigenvalue weighted by Gasteiger charge is -1.88. The fourth-order valence-electron chi connectivity index (χ4n) is 0.424. The summed E-state index contributed by atoms with van der Waals surface area (Å²) >= 11 is 0. The van der Waals surface area contributed by atoms with Gasteiger partial charge in [-0.1, -0.05) is 0 Å². The van der Waals surface area contributed by atoms with Gasteiger partial charge < -0.3 is 0 Å². The molecular weight excluding hydrogens is 143 g/mol. The van der Waals surface area contributed by atoms with Crippen molar-refractivity contribution in [3.63, 3.8) is 0 Å². The Kier molecular flexibility index (Phi) is 1.54. The van der Waals surface area contributed by atoms with Crippen molar-refractivity contribution in [2.45, 2.75) is 0 Å². The minimum absolute atomic E-state index is 0.607. The average molecular weight is 144 g/mol. The SMILES string of the molecule is N#[13C][13c]1nc(F)cn[13c]1F. The van der Waals surface area contributed by atoms with Gasteiger partial charge in [-0.25, -0.2) is 9.97 Å². The Morgan fingerprint density at radius 2 is 2.20 bits per heavy atom. The van der Waals surface area contributed by atoms with Crippen molar-refractivity contribution in [2.24, 2.45) is 0 Å². The van der Waals surface area contributed by atoms with E-state index in [4.69, 9.17) is 5.26 Å². The predicted molar refractivity (Wildman–Crippen MR) is 26.7 cm³/mol. The molecule has 0 atom stereocenters. The molecule has 10 heavy (non-hydrogen) atoms. The first kappa shape index (κ1) is 6.55. The third-order valence-corrected chi connectivity index (χ3v) is 0.804. The van der Waals surface area contributed by atoms with Crippen LogP contribution in [0.3, 0.4) is 0 Å². The maximum absolute atomic E-state index is 12.2. The van der Waals surface area contributed by atoms with Gasteiger partial charge in [0.1, 0.15) is 6.07 Å². The molecule has 0 aliphatic heterocycles. The number of nitriles is 1. The lowest BCUT2D eigenvalue weighted by Crippen LogP contribution is -1.95. The Morgan fingerprint density at radius 1 is 1.50 bits per heavy atom. The molecule has 3 nitrogen and oxygen atoms in total. The summed E-state index contributed by atoms with van der Waals surface area (Å²) in [5, 5.41) is 8.08. The molecule has 5 heteroatoms. The van der Waals surface area contributed by atoms with Crippen molar-refractivity contribution in [3.05, 3.63) is 23.8 Å². The second kappa shape index (κ2) is 2.35. The lowest BCUT2D eigenvalue weighted by atomic mass is 10.9. The van der Waals surface area contributed by atoms with Crippen LogP contribution in [0.2, 0.25) is 0 Å². The molecule has 0 amide bonds. The zero-order chi connectivity index (χ0) is 7.56. The van der Waals surface area contributed by atoms with E-state index in [1.165, 1.54) is 6.07 Å². The molecule has 1 aromatic heterocycles. The van der Waals surface area contributed by atoms with E-state index in [0.29, 0.717) is 6.20 Å². The molecule has 0 spiro atoms. The van der Waals surface area contributed by atoms with Crippen molar-refractivity contribution < 1.29 is 8.78 Å². The largest absolute Gasteiger partial charge is 0.249 e. The standard InChI is InChI=1S/C5HF2N3/c6-4-2-9-5(7)3(1-8)10-4/h2H/i1+1,3+1,5+1. The van der Waals surface area contributed by atoms with Gasteiger partial charge in [-0.3, -0.25) is 0 Å². The van der Waals surface area contributed by atoms with Crippen LogP contribution < -0.4 is 0 Å². The Labute approximate surface area is 55.0 Å². The van der Waals surface area contributed by atoms with Crippen LogP contribution in [0.25, 0.3) is 0 Å². The second-order valence-electron chi connectivity index (χ2n) is 1.44. The summed E-state index contributed by atoms with van der Waals surface area (Å²) < 4.78 is 24.2. The van der Waals surface area contributed by atoms with Gasteiger partial charge in [-0.2, -0.15) is 14.0 Å². The van der Waals surface area contributed by atoms with Gasteiger partial charge in [-0.15, -0.1) is 0 Å². The van der Waals surface area contributed by atoms with Gasteiger partial charge in [0, 0.05) is 0 Å². The zero-order valence-corrected chi connectivity index (χ0v) is 4.67. The molecule has 1 rings (SSSR count). The van der Waals surface area contributed by atoms with E-state index in [-0.39, 0.29) is 0 Å². The van der Waals surface area contributed by atoms with E-state index in [9.17, 15) is 8.78 Å². The quantitative estimate of drug-likeness (QED) is 0.501. The third kappa shape index (κ3) is 1.05. The zero-order valence-electron chi connectivity index (χ0n) is 4.67. The van der Waals surface area contributed by atoms with Crippen molar-refractivity contribution >= 4 is 0 Å². The van der Waals surface area contributed by atoms with Crippen molar-refractivity contribution in [1.29, 1.82) is 5.26 Å². The number of halogens is 2. The molecule has 0 aromatic carbocycles. The Morgan fingerprint density at radius 3 is 2.70 bits per heavy atom. The average Bonchev–Trinajstić information content (AvgIpc) is 1.94. The van der Waals surface area contributed by atoms with Gasteiger partial charge in [-0.05, 0) is 0 Å². The summed E-state index contributed by atoms with van der Waals surface area (Å²) in [4.78, 5) is 5.85. The number of aromatic nitrogens is 2. The molecule has 0 saturated heterocycles. The van der Waals surface area contributed by atoms with Gasteiger partial charge >= 0.3 is 0 Å². The number of hydrogen-bond donors (Lipinski definition) is 0. The molecular formula is C5HF2N3. The molecule has 0 radical (unpaired) electrons. The maximum Gasteiger partial charge on any atom is 0.249 e. The summed E-state index contributed by atoms with van der Waals surface area (Å²) in [7, 11) is 0. The Bertz CT molecular complexity index is 291. The van der Waals surface area contributed by atoms with E-state index in [2.05, 4.69) is 9.97 Å². The summed E-state index contributed by atoms with van der Waals surface area (Å²) in [5.41, 5.74) is -0.625. The smallest absolute Gasteiger partial charge is 0.221 e. The van der Waals surface area contributed by atoms with E-state index in [1.807, 2.05) is 0 Å². The van der Waals surface area contributed by atoms with Crippen LogP contribution in [0.5, 0.6) is 0 Å². The molecule has 0 aliphatic rings. The fraction of sp³-hybridized carbons (Fsp3) is 0. The first-order valence-electron chi connectivity index (χ1n) is 2.32. The minimum Gasteiger partial charge on any atom is -0.221 e. The first-order chi connectivity index (χ1) is 4.74. The number of nitrogens with zero attached hydrogens (tertiary/aromatic N) is 3. The molecule has 0 unspecified atom stereocenters. The third-order valence-electron chi connectivity index (χ3n) is 0.804. The highest BCUT2D eigenvalue weighted by atomic mass is 19.2. The van der Waals surface area contributed by atoms with E-state index in [1.54, 1.807) is 0 Å². The van der Waals surface area contributed by atoms with Crippen LogP contribution in [0, 0.1) is 23.2 Å². The molecule has 0 saturated carbocycles. The normalized spacial score (nSPS) is 8.90. The van der Waals surface area contributed by atoms with Crippen molar-refractivity contribution in [1.82, 2.24) is 9.97 Å². The van der Waals surface area contributed by atoms with Crippen molar-refractivity contribution in [3.8, 4) is 6.07 Å². The molecule has 0 fully saturated rings. The Balaban J connectivity index is 3.25. The van der Waals surface area contributed by atoms with Gasteiger partial charge in [0.05, 0.1) is 6.20 Å². The predicted octanol–water partition coefficient (Wildman–Crippen LogP) is 0.626. The minimum atomic E-state index is -1.05. The summed E-state index contributed by atoms with van der Waals surface area (Å²) in [5.74, 6) is -2.01. The summed E-state index contributed by atoms with van der Waals surface area (Å²) in [6.45, 7) is 0. The van der Waals surface area contributed by atoms with Crippen LogP contribution in [0.1, 0.15) is 5.69 Å². The molecule has 0 aliphatic carbocycles. The summed E-state index contributed by atoms with van der Waals surface area (Å²) in [6.07, 6.45) is 0.607. The molecule has 0 bridgehead atoms. The monoisotopic (exact) mass is 144 g/mol. The van der Waals surface area contributed by atoms with Crippen LogP contribution in [0.4, 0.5) is 8.78 Å². The topological polar surface area (TPSA) is 49.6 Å². The van der Waals surface area contributed by atoms with E-state index >= 15 is 0 Å². The molecule has 1 aromatic rings. The molecule has 50 valence electrons. The van der Waals surface area contributed by atoms with Crippen LogP contribution >= 0.6 is 0 Å². The first-order valence-corrected chi connectivity index (χ1v) is 2.32. The highest BCUT2D eigenvalue weighted by Crippen LogP contribution is 1.98. The Hall–Kier alpha value is -1.57. The molecule has 0 N–H and O–H groups in total. The maximum atomic E-state index is 12.2. The van der Waals surface area contributed by atoms with Gasteiger partial charge in [0.25, 0.3) is 0 Å². The lowest BCUT2D eigenvalue weighted by molar-refractivity contribution is 0.523. The van der Waals surface area contributed by atoms with Crippen LogP contribution in [0.15, 0.2) is 6.20 Å². The van der Waals surface area contributed by atoms with Crippen molar-refractivity contribution in [2.75, 3.05) is 0 Å².